The Bertz CT molecular complexity index is 1450. The van der Waals surface area contributed by atoms with Gasteiger partial charge in [0.25, 0.3) is 5.91 Å². The van der Waals surface area contributed by atoms with Crippen LogP contribution in [0.1, 0.15) is 41.4 Å². The molecule has 0 saturated heterocycles. The molecule has 0 spiro atoms. The fraction of sp³-hybridized carbons (Fsp3) is 0.385. The largest absolute Gasteiger partial charge is 0.462 e. The molecule has 0 bridgehead atoms. The van der Waals surface area contributed by atoms with Gasteiger partial charge in [-0.2, -0.15) is 0 Å². The Morgan fingerprint density at radius 1 is 1.24 bits per heavy atom. The number of rotatable bonds is 6. The number of benzene rings is 2. The minimum absolute atomic E-state index is 0.0816. The van der Waals surface area contributed by atoms with Crippen LogP contribution in [0.5, 0.6) is 0 Å². The summed E-state index contributed by atoms with van der Waals surface area (Å²) in [7, 11) is -2.22. The predicted octanol–water partition coefficient (Wildman–Crippen LogP) is 2.88. The maximum Gasteiger partial charge on any atom is 0.322 e. The van der Waals surface area contributed by atoms with Crippen molar-refractivity contribution in [2.24, 2.45) is 5.73 Å². The number of hydrogen-bond donors (Lipinski definition) is 2. The molecule has 0 fully saturated rings. The number of esters is 1. The number of anilines is 1. The molecule has 10 nitrogen and oxygen atoms in total. The third-order valence-electron chi connectivity index (χ3n) is 6.26. The lowest BCUT2D eigenvalue weighted by atomic mass is 10.00. The molecule has 1 aromatic heterocycles. The monoisotopic (exact) mass is 529 g/mol. The Morgan fingerprint density at radius 2 is 1.92 bits per heavy atom. The van der Waals surface area contributed by atoms with Crippen molar-refractivity contribution in [3.8, 4) is 11.3 Å². The summed E-state index contributed by atoms with van der Waals surface area (Å²) in [4.78, 5) is 24.9. The molecule has 198 valence electrons. The van der Waals surface area contributed by atoms with Gasteiger partial charge in [-0.15, -0.1) is 0 Å². The average molecular weight is 530 g/mol. The standard InChI is InChI=1S/C26H31N3O7S/c1-14-6-8-17(9-7-14)24-23(25(30)28-4)20-10-19-16(3)35-18(13-34-26(31)15(2)27)12-29(37(5,32)33)21(19)11-22(20)36-24/h6-11,15-16,18H,12-13,27H2,1-5H3,(H,28,30)/t15-,16-,18-/m0/s1. The van der Waals surface area contributed by atoms with Crippen molar-refractivity contribution in [1.82, 2.24) is 5.32 Å². The maximum absolute atomic E-state index is 13.0. The minimum atomic E-state index is -3.76. The number of nitrogens with one attached hydrogen (secondary N) is 1. The first-order chi connectivity index (χ1) is 17.4. The number of ether oxygens (including phenoxy) is 2. The Labute approximate surface area is 215 Å². The number of hydrogen-bond acceptors (Lipinski definition) is 8. The topological polar surface area (TPSA) is 141 Å². The van der Waals surface area contributed by atoms with Crippen molar-refractivity contribution >= 4 is 38.6 Å². The van der Waals surface area contributed by atoms with E-state index in [1.54, 1.807) is 19.1 Å². The van der Waals surface area contributed by atoms with Crippen LogP contribution in [0.15, 0.2) is 40.8 Å². The van der Waals surface area contributed by atoms with Crippen LogP contribution in [0, 0.1) is 6.92 Å². The zero-order chi connectivity index (χ0) is 27.1. The summed E-state index contributed by atoms with van der Waals surface area (Å²) in [5.74, 6) is -0.563. The van der Waals surface area contributed by atoms with Crippen LogP contribution in [0.4, 0.5) is 5.69 Å². The van der Waals surface area contributed by atoms with Crippen molar-refractivity contribution < 1.29 is 31.9 Å². The summed E-state index contributed by atoms with van der Waals surface area (Å²) in [6.07, 6.45) is -0.231. The van der Waals surface area contributed by atoms with Crippen LogP contribution in [0.2, 0.25) is 0 Å². The second-order valence-corrected chi connectivity index (χ2v) is 11.2. The molecule has 1 amide bonds. The Kier molecular flexibility index (Phi) is 7.31. The van der Waals surface area contributed by atoms with E-state index in [9.17, 15) is 18.0 Å². The summed E-state index contributed by atoms with van der Waals surface area (Å²) in [5, 5.41) is 3.19. The summed E-state index contributed by atoms with van der Waals surface area (Å²) < 4.78 is 44.5. The molecular formula is C26H31N3O7S. The van der Waals surface area contributed by atoms with Gasteiger partial charge in [-0.05, 0) is 26.8 Å². The van der Waals surface area contributed by atoms with E-state index in [0.717, 1.165) is 17.4 Å². The Hall–Kier alpha value is -3.41. The second kappa shape index (κ2) is 10.2. The van der Waals surface area contributed by atoms with Crippen molar-refractivity contribution in [2.45, 2.75) is 39.0 Å². The molecule has 1 aliphatic heterocycles. The summed E-state index contributed by atoms with van der Waals surface area (Å²) in [6, 6.07) is 10.1. The van der Waals surface area contributed by atoms with Gasteiger partial charge in [0, 0.05) is 29.6 Å². The number of sulfonamides is 1. The van der Waals surface area contributed by atoms with E-state index in [2.05, 4.69) is 5.32 Å². The summed E-state index contributed by atoms with van der Waals surface area (Å²) in [5.41, 5.74) is 8.97. The molecule has 11 heteroatoms. The van der Waals surface area contributed by atoms with Crippen LogP contribution >= 0.6 is 0 Å². The van der Waals surface area contributed by atoms with E-state index in [1.165, 1.54) is 18.3 Å². The number of carbonyl (C=O) groups excluding carboxylic acids is 2. The fourth-order valence-corrected chi connectivity index (χ4v) is 5.30. The predicted molar refractivity (Wildman–Crippen MR) is 140 cm³/mol. The molecular weight excluding hydrogens is 498 g/mol. The number of fused-ring (bicyclic) bond motifs is 2. The SMILES string of the molecule is CNC(=O)c1c(-c2ccc(C)cc2)oc2cc3c(cc12)[C@H](C)O[C@H](COC(=O)[C@H](C)N)CN3S(C)(=O)=O. The van der Waals surface area contributed by atoms with Crippen LogP contribution in [-0.2, 0) is 24.3 Å². The van der Waals surface area contributed by atoms with Crippen LogP contribution in [0.3, 0.4) is 0 Å². The van der Waals surface area contributed by atoms with Crippen LogP contribution < -0.4 is 15.4 Å². The van der Waals surface area contributed by atoms with Gasteiger partial charge in [-0.3, -0.25) is 13.9 Å². The van der Waals surface area contributed by atoms with Crippen molar-refractivity contribution in [1.29, 1.82) is 0 Å². The van der Waals surface area contributed by atoms with Gasteiger partial charge < -0.3 is 24.9 Å². The van der Waals surface area contributed by atoms with E-state index in [0.29, 0.717) is 33.5 Å². The van der Waals surface area contributed by atoms with Gasteiger partial charge >= 0.3 is 5.97 Å². The number of nitrogens with two attached hydrogens (primary N) is 1. The smallest absolute Gasteiger partial charge is 0.322 e. The van der Waals surface area contributed by atoms with Gasteiger partial charge in [0.05, 0.1) is 30.2 Å². The first kappa shape index (κ1) is 26.6. The molecule has 3 N–H and O–H groups in total. The van der Waals surface area contributed by atoms with Gasteiger partial charge in [0.15, 0.2) is 0 Å². The number of aryl methyl sites for hydroxylation is 1. The highest BCUT2D eigenvalue weighted by Gasteiger charge is 2.34. The number of furan rings is 1. The zero-order valence-electron chi connectivity index (χ0n) is 21.4. The lowest BCUT2D eigenvalue weighted by Crippen LogP contribution is -2.40. The van der Waals surface area contributed by atoms with Gasteiger partial charge in [0.2, 0.25) is 10.0 Å². The summed E-state index contributed by atoms with van der Waals surface area (Å²) >= 11 is 0. The van der Waals surface area contributed by atoms with E-state index in [4.69, 9.17) is 19.6 Å². The fourth-order valence-electron chi connectivity index (χ4n) is 4.35. The quantitative estimate of drug-likeness (QED) is 0.465. The minimum Gasteiger partial charge on any atom is -0.462 e. The average Bonchev–Trinajstić information content (AvgIpc) is 3.14. The highest BCUT2D eigenvalue weighted by atomic mass is 32.2. The van der Waals surface area contributed by atoms with E-state index < -0.39 is 34.2 Å². The van der Waals surface area contributed by atoms with Gasteiger partial charge in [0.1, 0.15) is 30.1 Å². The Morgan fingerprint density at radius 3 is 2.51 bits per heavy atom. The van der Waals surface area contributed by atoms with Crippen molar-refractivity contribution in [3.05, 3.63) is 53.1 Å². The molecule has 0 saturated carbocycles. The molecule has 37 heavy (non-hydrogen) atoms. The van der Waals surface area contributed by atoms with E-state index in [-0.39, 0.29) is 19.1 Å². The molecule has 2 heterocycles. The number of nitrogens with zero attached hydrogens (tertiary/aromatic N) is 1. The van der Waals surface area contributed by atoms with Crippen molar-refractivity contribution in [3.63, 3.8) is 0 Å². The van der Waals surface area contributed by atoms with Gasteiger partial charge in [-0.1, -0.05) is 29.8 Å². The normalized spacial score (nSPS) is 18.7. The van der Waals surface area contributed by atoms with Crippen molar-refractivity contribution in [2.75, 3.05) is 30.8 Å². The lowest BCUT2D eigenvalue weighted by Gasteiger charge is -2.25. The molecule has 0 unspecified atom stereocenters. The zero-order valence-corrected chi connectivity index (χ0v) is 22.2. The van der Waals surface area contributed by atoms with Crippen LogP contribution in [-0.4, -0.2) is 58.9 Å². The highest BCUT2D eigenvalue weighted by molar-refractivity contribution is 7.92. The first-order valence-corrected chi connectivity index (χ1v) is 13.7. The molecule has 0 radical (unpaired) electrons. The van der Waals surface area contributed by atoms with Crippen LogP contribution in [0.25, 0.3) is 22.3 Å². The third kappa shape index (κ3) is 5.34. The third-order valence-corrected chi connectivity index (χ3v) is 7.41. The van der Waals surface area contributed by atoms with E-state index in [1.807, 2.05) is 31.2 Å². The molecule has 4 rings (SSSR count). The molecule has 1 aliphatic rings. The molecule has 2 aromatic carbocycles. The molecule has 3 aromatic rings. The number of carbonyl (C=O) groups is 2. The first-order valence-electron chi connectivity index (χ1n) is 11.9. The number of amides is 1. The lowest BCUT2D eigenvalue weighted by molar-refractivity contribution is -0.150. The Balaban J connectivity index is 1.86. The summed E-state index contributed by atoms with van der Waals surface area (Å²) in [6.45, 7) is 4.99. The maximum atomic E-state index is 13.0. The van der Waals surface area contributed by atoms with Gasteiger partial charge in [-0.25, -0.2) is 8.42 Å². The molecule has 0 aliphatic carbocycles. The van der Waals surface area contributed by atoms with E-state index >= 15 is 0 Å². The molecule has 3 atom stereocenters. The highest BCUT2D eigenvalue weighted by Crippen LogP contribution is 2.42. The second-order valence-electron chi connectivity index (χ2n) is 9.27.